The van der Waals surface area contributed by atoms with Gasteiger partial charge in [0.25, 0.3) is 0 Å². The highest BCUT2D eigenvalue weighted by Gasteiger charge is 2.18. The standard InChI is InChI=1S/C14H18FN3/c1-3-13-17-8-9-18(13)10(2)14(16)11-4-6-12(15)7-5-11/h4-10,14H,3,16H2,1-2H3. The lowest BCUT2D eigenvalue weighted by molar-refractivity contribution is 0.440. The minimum absolute atomic E-state index is 0.0907. The van der Waals surface area contributed by atoms with Gasteiger partial charge in [-0.3, -0.25) is 0 Å². The molecule has 96 valence electrons. The number of hydrogen-bond acceptors (Lipinski definition) is 2. The van der Waals surface area contributed by atoms with E-state index in [1.807, 2.05) is 6.20 Å². The number of hydrogen-bond donors (Lipinski definition) is 1. The van der Waals surface area contributed by atoms with E-state index in [1.165, 1.54) is 12.1 Å². The Morgan fingerprint density at radius 3 is 2.61 bits per heavy atom. The predicted octanol–water partition coefficient (Wildman–Crippen LogP) is 2.85. The molecule has 1 aromatic heterocycles. The lowest BCUT2D eigenvalue weighted by Gasteiger charge is -2.23. The molecule has 0 amide bonds. The van der Waals surface area contributed by atoms with Crippen LogP contribution in [0.15, 0.2) is 36.7 Å². The summed E-state index contributed by atoms with van der Waals surface area (Å²) in [6.45, 7) is 4.11. The number of aromatic nitrogens is 2. The summed E-state index contributed by atoms with van der Waals surface area (Å²) in [6.07, 6.45) is 4.59. The van der Waals surface area contributed by atoms with Gasteiger partial charge >= 0.3 is 0 Å². The van der Waals surface area contributed by atoms with Gasteiger partial charge in [-0.2, -0.15) is 0 Å². The largest absolute Gasteiger partial charge is 0.330 e. The first-order valence-electron chi connectivity index (χ1n) is 6.16. The molecule has 0 aliphatic rings. The first-order chi connectivity index (χ1) is 8.63. The maximum Gasteiger partial charge on any atom is 0.123 e. The molecule has 18 heavy (non-hydrogen) atoms. The van der Waals surface area contributed by atoms with Gasteiger partial charge in [-0.15, -0.1) is 0 Å². The van der Waals surface area contributed by atoms with Crippen molar-refractivity contribution < 1.29 is 4.39 Å². The third-order valence-corrected chi connectivity index (χ3v) is 3.28. The molecule has 2 aromatic rings. The number of halogens is 1. The smallest absolute Gasteiger partial charge is 0.123 e. The van der Waals surface area contributed by atoms with Crippen molar-refractivity contribution in [3.05, 3.63) is 53.9 Å². The van der Waals surface area contributed by atoms with Crippen LogP contribution in [0.2, 0.25) is 0 Å². The monoisotopic (exact) mass is 247 g/mol. The molecular formula is C14H18FN3. The fourth-order valence-corrected chi connectivity index (χ4v) is 2.13. The van der Waals surface area contributed by atoms with E-state index < -0.39 is 0 Å². The van der Waals surface area contributed by atoms with Crippen molar-refractivity contribution in [3.8, 4) is 0 Å². The molecule has 0 aliphatic carbocycles. The van der Waals surface area contributed by atoms with Gasteiger partial charge in [0.15, 0.2) is 0 Å². The van der Waals surface area contributed by atoms with Crippen LogP contribution >= 0.6 is 0 Å². The molecule has 3 nitrogen and oxygen atoms in total. The van der Waals surface area contributed by atoms with Crippen LogP contribution in [0.4, 0.5) is 4.39 Å². The highest BCUT2D eigenvalue weighted by atomic mass is 19.1. The maximum absolute atomic E-state index is 12.9. The summed E-state index contributed by atoms with van der Waals surface area (Å²) in [5, 5.41) is 0. The van der Waals surface area contributed by atoms with Gasteiger partial charge in [-0.05, 0) is 24.6 Å². The second-order valence-corrected chi connectivity index (χ2v) is 4.42. The zero-order chi connectivity index (χ0) is 13.1. The van der Waals surface area contributed by atoms with E-state index in [4.69, 9.17) is 5.73 Å². The molecule has 0 aliphatic heterocycles. The molecule has 2 atom stereocenters. The van der Waals surface area contributed by atoms with Crippen LogP contribution < -0.4 is 5.73 Å². The van der Waals surface area contributed by atoms with Crippen molar-refractivity contribution in [1.82, 2.24) is 9.55 Å². The van der Waals surface area contributed by atoms with Crippen molar-refractivity contribution in [3.63, 3.8) is 0 Å². The van der Waals surface area contributed by atoms with E-state index >= 15 is 0 Å². The Labute approximate surface area is 106 Å². The zero-order valence-corrected chi connectivity index (χ0v) is 10.7. The van der Waals surface area contributed by atoms with Crippen molar-refractivity contribution in [2.75, 3.05) is 0 Å². The van der Waals surface area contributed by atoms with E-state index in [2.05, 4.69) is 23.4 Å². The summed E-state index contributed by atoms with van der Waals surface area (Å²) in [4.78, 5) is 4.29. The molecule has 0 bridgehead atoms. The third-order valence-electron chi connectivity index (χ3n) is 3.28. The van der Waals surface area contributed by atoms with Gasteiger partial charge in [-0.1, -0.05) is 19.1 Å². The number of aryl methyl sites for hydroxylation is 1. The summed E-state index contributed by atoms with van der Waals surface area (Å²) in [5.74, 6) is 0.774. The topological polar surface area (TPSA) is 43.8 Å². The first-order valence-corrected chi connectivity index (χ1v) is 6.16. The quantitative estimate of drug-likeness (QED) is 0.902. The molecular weight excluding hydrogens is 229 g/mol. The molecule has 0 radical (unpaired) electrons. The van der Waals surface area contributed by atoms with Crippen LogP contribution in [0.25, 0.3) is 0 Å². The maximum atomic E-state index is 12.9. The van der Waals surface area contributed by atoms with Crippen LogP contribution in [0.3, 0.4) is 0 Å². The molecule has 0 saturated carbocycles. The van der Waals surface area contributed by atoms with Gasteiger partial charge in [0, 0.05) is 18.8 Å². The normalized spacial score (nSPS) is 14.4. The second-order valence-electron chi connectivity index (χ2n) is 4.42. The Morgan fingerprint density at radius 1 is 1.33 bits per heavy atom. The van der Waals surface area contributed by atoms with Gasteiger partial charge in [-0.25, -0.2) is 9.37 Å². The molecule has 2 N–H and O–H groups in total. The number of benzene rings is 1. The van der Waals surface area contributed by atoms with Gasteiger partial charge in [0.05, 0.1) is 12.1 Å². The number of nitrogens with zero attached hydrogens (tertiary/aromatic N) is 2. The molecule has 1 aromatic carbocycles. The Bertz CT molecular complexity index is 504. The van der Waals surface area contributed by atoms with E-state index in [1.54, 1.807) is 18.3 Å². The van der Waals surface area contributed by atoms with Crippen LogP contribution in [0, 0.1) is 5.82 Å². The number of nitrogens with two attached hydrogens (primary N) is 1. The van der Waals surface area contributed by atoms with Crippen LogP contribution in [-0.4, -0.2) is 9.55 Å². The molecule has 0 spiro atoms. The third kappa shape index (κ3) is 2.43. The van der Waals surface area contributed by atoms with Crippen molar-refractivity contribution >= 4 is 0 Å². The van der Waals surface area contributed by atoms with Gasteiger partial charge in [0.2, 0.25) is 0 Å². The van der Waals surface area contributed by atoms with Crippen LogP contribution in [0.5, 0.6) is 0 Å². The fraction of sp³-hybridized carbons (Fsp3) is 0.357. The van der Waals surface area contributed by atoms with Crippen molar-refractivity contribution in [1.29, 1.82) is 0 Å². The molecule has 2 unspecified atom stereocenters. The number of imidazole rings is 1. The van der Waals surface area contributed by atoms with E-state index in [9.17, 15) is 4.39 Å². The summed E-state index contributed by atoms with van der Waals surface area (Å²) < 4.78 is 15.0. The molecule has 1 heterocycles. The minimum Gasteiger partial charge on any atom is -0.330 e. The van der Waals surface area contributed by atoms with Gasteiger partial charge in [0.1, 0.15) is 11.6 Å². The Morgan fingerprint density at radius 2 is 2.00 bits per heavy atom. The van der Waals surface area contributed by atoms with Crippen LogP contribution in [0.1, 0.15) is 37.3 Å². The van der Waals surface area contributed by atoms with Crippen LogP contribution in [-0.2, 0) is 6.42 Å². The Balaban J connectivity index is 2.23. The van der Waals surface area contributed by atoms with E-state index in [0.717, 1.165) is 17.8 Å². The van der Waals surface area contributed by atoms with Crippen molar-refractivity contribution in [2.24, 2.45) is 5.73 Å². The van der Waals surface area contributed by atoms with E-state index in [-0.39, 0.29) is 17.9 Å². The number of rotatable bonds is 4. The Hall–Kier alpha value is -1.68. The molecule has 4 heteroatoms. The molecule has 0 saturated heterocycles. The average Bonchev–Trinajstić information content (AvgIpc) is 2.86. The highest BCUT2D eigenvalue weighted by molar-refractivity contribution is 5.21. The van der Waals surface area contributed by atoms with E-state index in [0.29, 0.717) is 0 Å². The second kappa shape index (κ2) is 5.31. The summed E-state index contributed by atoms with van der Waals surface area (Å²) in [5.41, 5.74) is 7.16. The Kier molecular flexibility index (Phi) is 3.77. The summed E-state index contributed by atoms with van der Waals surface area (Å²) >= 11 is 0. The highest BCUT2D eigenvalue weighted by Crippen LogP contribution is 2.25. The lowest BCUT2D eigenvalue weighted by Crippen LogP contribution is -2.23. The molecule has 0 fully saturated rings. The SMILES string of the molecule is CCc1nccn1C(C)C(N)c1ccc(F)cc1. The average molecular weight is 247 g/mol. The zero-order valence-electron chi connectivity index (χ0n) is 10.7. The first kappa shape index (κ1) is 12.8. The fourth-order valence-electron chi connectivity index (χ4n) is 2.13. The lowest BCUT2D eigenvalue weighted by atomic mass is 10.0. The summed E-state index contributed by atoms with van der Waals surface area (Å²) in [7, 11) is 0. The predicted molar refractivity (Wildman–Crippen MR) is 69.6 cm³/mol. The summed E-state index contributed by atoms with van der Waals surface area (Å²) in [6, 6.07) is 6.27. The van der Waals surface area contributed by atoms with Crippen molar-refractivity contribution in [2.45, 2.75) is 32.4 Å². The minimum atomic E-state index is -0.240. The van der Waals surface area contributed by atoms with Gasteiger partial charge < -0.3 is 10.3 Å². The molecule has 2 rings (SSSR count).